The highest BCUT2D eigenvalue weighted by Crippen LogP contribution is 2.27. The largest absolute Gasteiger partial charge is 0.491 e. The van der Waals surface area contributed by atoms with Gasteiger partial charge in [-0.25, -0.2) is 4.39 Å². The van der Waals surface area contributed by atoms with Crippen molar-refractivity contribution < 1.29 is 33.1 Å². The summed E-state index contributed by atoms with van der Waals surface area (Å²) in [5.74, 6) is -2.09. The fourth-order valence-electron chi connectivity index (χ4n) is 6.68. The maximum Gasteiger partial charge on any atom is 0.258 e. The van der Waals surface area contributed by atoms with Gasteiger partial charge >= 0.3 is 0 Å². The highest BCUT2D eigenvalue weighted by Gasteiger charge is 2.39. The lowest BCUT2D eigenvalue weighted by atomic mass is 10.1. The van der Waals surface area contributed by atoms with Crippen molar-refractivity contribution in [3.05, 3.63) is 29.6 Å². The molecule has 0 aromatic heterocycles. The predicted molar refractivity (Wildman–Crippen MR) is 158 cm³/mol. The number of halogens is 1. The van der Waals surface area contributed by atoms with E-state index in [1.54, 1.807) is 16.8 Å². The van der Waals surface area contributed by atoms with Gasteiger partial charge in [0.25, 0.3) is 5.91 Å². The van der Waals surface area contributed by atoms with Crippen molar-refractivity contribution in [2.24, 2.45) is 0 Å². The first-order valence-corrected chi connectivity index (χ1v) is 15.6. The van der Waals surface area contributed by atoms with Gasteiger partial charge in [-0.05, 0) is 69.8 Å². The van der Waals surface area contributed by atoms with Crippen LogP contribution in [0.25, 0.3) is 0 Å². The molecule has 0 radical (unpaired) electrons. The molecule has 0 bridgehead atoms. The van der Waals surface area contributed by atoms with Crippen LogP contribution in [-0.2, 0) is 19.2 Å². The molecular formula is C31H43FN6O6. The first kappa shape index (κ1) is 31.7. The normalized spacial score (nSPS) is 25.8. The maximum absolute atomic E-state index is 14.5. The molecule has 0 saturated carbocycles. The van der Waals surface area contributed by atoms with Crippen LogP contribution in [0.5, 0.6) is 5.75 Å². The van der Waals surface area contributed by atoms with E-state index in [-0.39, 0.29) is 73.5 Å². The van der Waals surface area contributed by atoms with Gasteiger partial charge in [-0.2, -0.15) is 0 Å². The third-order valence-corrected chi connectivity index (χ3v) is 9.19. The van der Waals surface area contributed by atoms with Gasteiger partial charge in [-0.15, -0.1) is 0 Å². The lowest BCUT2D eigenvalue weighted by Gasteiger charge is -2.31. The lowest BCUT2D eigenvalue weighted by molar-refractivity contribution is -0.141. The number of nitrogens with one attached hydrogen (secondary N) is 1. The minimum absolute atomic E-state index is 0.00629. The van der Waals surface area contributed by atoms with Crippen LogP contribution in [-0.4, -0.2) is 139 Å². The van der Waals surface area contributed by atoms with Crippen molar-refractivity contribution in [1.29, 1.82) is 0 Å². The van der Waals surface area contributed by atoms with Crippen LogP contribution in [0.2, 0.25) is 0 Å². The minimum atomic E-state index is -0.942. The zero-order valence-corrected chi connectivity index (χ0v) is 25.6. The van der Waals surface area contributed by atoms with Crippen LogP contribution in [0.4, 0.5) is 4.39 Å². The van der Waals surface area contributed by atoms with E-state index in [0.717, 1.165) is 44.8 Å². The summed E-state index contributed by atoms with van der Waals surface area (Å²) < 4.78 is 20.6. The Morgan fingerprint density at radius 3 is 2.43 bits per heavy atom. The number of likely N-dealkylation sites (tertiary alicyclic amines) is 2. The molecule has 3 atom stereocenters. The SMILES string of the molecule is CN1CC(=O)N2C[C@@H](NC(=O)CN3CCCC3)C[C@H]2COc2ccc(F)cc2C(=O)N(C)[C@@H](C(=O)N2CCCC2)CCC1=O. The molecule has 3 saturated heterocycles. The smallest absolute Gasteiger partial charge is 0.258 e. The van der Waals surface area contributed by atoms with Crippen LogP contribution >= 0.6 is 0 Å². The van der Waals surface area contributed by atoms with Gasteiger partial charge in [0.1, 0.15) is 24.2 Å². The zero-order chi connectivity index (χ0) is 31.4. The van der Waals surface area contributed by atoms with Crippen LogP contribution < -0.4 is 10.1 Å². The highest BCUT2D eigenvalue weighted by molar-refractivity contribution is 5.99. The van der Waals surface area contributed by atoms with E-state index in [0.29, 0.717) is 26.1 Å². The second-order valence-corrected chi connectivity index (χ2v) is 12.4. The molecule has 4 aliphatic rings. The monoisotopic (exact) mass is 614 g/mol. The predicted octanol–water partition coefficient (Wildman–Crippen LogP) is 0.701. The lowest BCUT2D eigenvalue weighted by Crippen LogP contribution is -2.49. The number of hydrogen-bond acceptors (Lipinski definition) is 7. The maximum atomic E-state index is 14.5. The quantitative estimate of drug-likeness (QED) is 0.530. The molecule has 44 heavy (non-hydrogen) atoms. The molecule has 4 heterocycles. The first-order chi connectivity index (χ1) is 21.1. The number of benzene rings is 1. The molecule has 0 unspecified atom stereocenters. The number of fused-ring (bicyclic) bond motifs is 2. The average molecular weight is 615 g/mol. The van der Waals surface area contributed by atoms with E-state index in [4.69, 9.17) is 4.74 Å². The summed E-state index contributed by atoms with van der Waals surface area (Å²) in [7, 11) is 3.03. The number of rotatable bonds is 4. The Kier molecular flexibility index (Phi) is 10.0. The highest BCUT2D eigenvalue weighted by atomic mass is 19.1. The Balaban J connectivity index is 1.39. The Morgan fingerprint density at radius 2 is 1.70 bits per heavy atom. The summed E-state index contributed by atoms with van der Waals surface area (Å²) in [4.78, 5) is 74.8. The van der Waals surface area contributed by atoms with Crippen molar-refractivity contribution in [3.63, 3.8) is 0 Å². The minimum Gasteiger partial charge on any atom is -0.491 e. The summed E-state index contributed by atoms with van der Waals surface area (Å²) >= 11 is 0. The fraction of sp³-hybridized carbons (Fsp3) is 0.645. The van der Waals surface area contributed by atoms with Crippen LogP contribution in [0.1, 0.15) is 55.3 Å². The molecular weight excluding hydrogens is 571 g/mol. The molecule has 1 N–H and O–H groups in total. The van der Waals surface area contributed by atoms with E-state index in [9.17, 15) is 28.4 Å². The average Bonchev–Trinajstić information content (AvgIpc) is 3.78. The van der Waals surface area contributed by atoms with Crippen molar-refractivity contribution in [2.45, 2.75) is 63.1 Å². The molecule has 0 spiro atoms. The number of amides is 5. The van der Waals surface area contributed by atoms with Gasteiger partial charge in [0, 0.05) is 46.2 Å². The topological polar surface area (TPSA) is 123 Å². The summed E-state index contributed by atoms with van der Waals surface area (Å²) in [6, 6.07) is 1.95. The summed E-state index contributed by atoms with van der Waals surface area (Å²) in [5.41, 5.74) is -0.0450. The standard InChI is InChI=1S/C31H43FN6O6/c1-34-19-29(41)38-17-22(33-27(39)18-36-11-3-4-12-36)16-23(38)20-44-26-9-7-21(32)15-24(26)30(42)35(2)25(8-10-28(34)40)31(43)37-13-5-6-14-37/h7,9,15,22-23,25H,3-6,8,10-14,16-20H2,1-2H3,(H,33,39)/t22-,23-,25+/m0/s1. The number of carbonyl (C=O) groups excluding carboxylic acids is 5. The van der Waals surface area contributed by atoms with E-state index >= 15 is 0 Å². The third-order valence-electron chi connectivity index (χ3n) is 9.19. The molecule has 5 rings (SSSR count). The molecule has 12 nitrogen and oxygen atoms in total. The second kappa shape index (κ2) is 13.9. The molecule has 4 aliphatic heterocycles. The van der Waals surface area contributed by atoms with Gasteiger partial charge < -0.3 is 29.7 Å². The third kappa shape index (κ3) is 7.31. The van der Waals surface area contributed by atoms with Crippen molar-refractivity contribution >= 4 is 29.5 Å². The zero-order valence-electron chi connectivity index (χ0n) is 25.6. The molecule has 1 aromatic carbocycles. The van der Waals surface area contributed by atoms with E-state index in [1.165, 1.54) is 29.0 Å². The van der Waals surface area contributed by atoms with Gasteiger partial charge in [0.05, 0.1) is 24.7 Å². The number of likely N-dealkylation sites (N-methyl/N-ethyl adjacent to an activating group) is 2. The molecule has 13 heteroatoms. The van der Waals surface area contributed by atoms with E-state index in [2.05, 4.69) is 10.2 Å². The molecule has 3 fully saturated rings. The summed E-state index contributed by atoms with van der Waals surface area (Å²) in [6.07, 6.45) is 4.29. The molecule has 1 aromatic rings. The first-order valence-electron chi connectivity index (χ1n) is 15.6. The van der Waals surface area contributed by atoms with E-state index in [1.807, 2.05) is 0 Å². The Hall–Kier alpha value is -3.74. The molecule has 5 amide bonds. The van der Waals surface area contributed by atoms with Gasteiger partial charge in [-0.1, -0.05) is 0 Å². The number of hydrogen-bond donors (Lipinski definition) is 1. The van der Waals surface area contributed by atoms with Gasteiger partial charge in [0.15, 0.2) is 0 Å². The second-order valence-electron chi connectivity index (χ2n) is 12.4. The van der Waals surface area contributed by atoms with Crippen molar-refractivity contribution in [2.75, 3.05) is 66.5 Å². The Labute approximate surface area is 257 Å². The molecule has 0 aliphatic carbocycles. The van der Waals surface area contributed by atoms with Gasteiger partial charge in [0.2, 0.25) is 23.6 Å². The number of nitrogens with zero attached hydrogens (tertiary/aromatic N) is 5. The summed E-state index contributed by atoms with van der Waals surface area (Å²) in [6.45, 7) is 3.31. The van der Waals surface area contributed by atoms with Crippen molar-refractivity contribution in [3.8, 4) is 5.75 Å². The number of carbonyl (C=O) groups is 5. The molecule has 240 valence electrons. The number of ether oxygens (including phenoxy) is 1. The van der Waals surface area contributed by atoms with Crippen LogP contribution in [0.15, 0.2) is 18.2 Å². The van der Waals surface area contributed by atoms with Crippen molar-refractivity contribution in [1.82, 2.24) is 29.8 Å². The Morgan fingerprint density at radius 1 is 1.00 bits per heavy atom. The fourth-order valence-corrected chi connectivity index (χ4v) is 6.68. The van der Waals surface area contributed by atoms with E-state index < -0.39 is 23.8 Å². The van der Waals surface area contributed by atoms with Crippen LogP contribution in [0, 0.1) is 5.82 Å². The Bertz CT molecular complexity index is 1270. The van der Waals surface area contributed by atoms with Gasteiger partial charge in [-0.3, -0.25) is 28.9 Å². The summed E-state index contributed by atoms with van der Waals surface area (Å²) in [5, 5.41) is 3.05. The van der Waals surface area contributed by atoms with Crippen LogP contribution in [0.3, 0.4) is 0 Å².